The maximum atomic E-state index is 12.7. The molecule has 1 heterocycles. The third-order valence-corrected chi connectivity index (χ3v) is 5.53. The molecule has 2 rings (SSSR count). The molecule has 3 heteroatoms. The van der Waals surface area contributed by atoms with E-state index >= 15 is 0 Å². The Hall–Kier alpha value is -1.48. The van der Waals surface area contributed by atoms with E-state index in [1.165, 1.54) is 5.56 Å². The molecule has 3 nitrogen and oxygen atoms in total. The number of hydrogen-bond acceptors (Lipinski definition) is 3. The Morgan fingerprint density at radius 3 is 2.36 bits per heavy atom. The van der Waals surface area contributed by atoms with Crippen molar-refractivity contribution < 1.29 is 9.59 Å². The van der Waals surface area contributed by atoms with Gasteiger partial charge in [0.1, 0.15) is 11.6 Å². The van der Waals surface area contributed by atoms with Crippen molar-refractivity contribution in [2.75, 3.05) is 19.6 Å². The number of nitrogens with zero attached hydrogens (tertiary/aromatic N) is 1. The van der Waals surface area contributed by atoms with Gasteiger partial charge in [0, 0.05) is 18.3 Å². The van der Waals surface area contributed by atoms with E-state index in [0.29, 0.717) is 18.6 Å². The monoisotopic (exact) mass is 343 g/mol. The highest BCUT2D eigenvalue weighted by atomic mass is 16.1. The minimum Gasteiger partial charge on any atom is -0.303 e. The lowest BCUT2D eigenvalue weighted by molar-refractivity contribution is -0.136. The Kier molecular flexibility index (Phi) is 7.83. The zero-order valence-electron chi connectivity index (χ0n) is 15.9. The maximum absolute atomic E-state index is 12.7. The minimum atomic E-state index is -0.378. The van der Waals surface area contributed by atoms with Crippen LogP contribution in [0.25, 0.3) is 0 Å². The van der Waals surface area contributed by atoms with Crippen LogP contribution in [0.3, 0.4) is 0 Å². The molecule has 25 heavy (non-hydrogen) atoms. The van der Waals surface area contributed by atoms with Crippen molar-refractivity contribution >= 4 is 11.6 Å². The average molecular weight is 344 g/mol. The molecule has 0 saturated carbocycles. The summed E-state index contributed by atoms with van der Waals surface area (Å²) in [6.45, 7) is 6.70. The zero-order chi connectivity index (χ0) is 18.1. The van der Waals surface area contributed by atoms with Gasteiger partial charge in [0.05, 0.1) is 0 Å². The lowest BCUT2D eigenvalue weighted by atomic mass is 9.70. The number of benzene rings is 1. The van der Waals surface area contributed by atoms with Crippen LogP contribution in [0.4, 0.5) is 0 Å². The molecule has 1 saturated heterocycles. The second-order valence-electron chi connectivity index (χ2n) is 7.62. The van der Waals surface area contributed by atoms with E-state index in [1.807, 2.05) is 0 Å². The summed E-state index contributed by atoms with van der Waals surface area (Å²) >= 11 is 0. The molecule has 0 radical (unpaired) electrons. The Morgan fingerprint density at radius 1 is 1.08 bits per heavy atom. The van der Waals surface area contributed by atoms with Crippen LogP contribution in [0.5, 0.6) is 0 Å². The van der Waals surface area contributed by atoms with Gasteiger partial charge >= 0.3 is 0 Å². The van der Waals surface area contributed by atoms with Gasteiger partial charge in [-0.25, -0.2) is 0 Å². The van der Waals surface area contributed by atoms with Crippen LogP contribution in [0.1, 0.15) is 64.4 Å². The lowest BCUT2D eigenvalue weighted by Gasteiger charge is -2.40. The van der Waals surface area contributed by atoms with Crippen molar-refractivity contribution in [3.8, 4) is 0 Å². The molecule has 1 aliphatic rings. The first-order valence-corrected chi connectivity index (χ1v) is 9.85. The fourth-order valence-electron chi connectivity index (χ4n) is 3.99. The van der Waals surface area contributed by atoms with Crippen LogP contribution in [0.2, 0.25) is 0 Å². The molecule has 138 valence electrons. The molecular formula is C22H33NO2. The fourth-order valence-corrected chi connectivity index (χ4v) is 3.99. The first-order valence-electron chi connectivity index (χ1n) is 9.85. The van der Waals surface area contributed by atoms with Crippen LogP contribution in [0.15, 0.2) is 30.3 Å². The molecule has 1 aliphatic heterocycles. The number of carbonyl (C=O) groups is 2. The number of ketones is 2. The van der Waals surface area contributed by atoms with Gasteiger partial charge in [-0.05, 0) is 64.2 Å². The van der Waals surface area contributed by atoms with Gasteiger partial charge in [0.25, 0.3) is 0 Å². The highest BCUT2D eigenvalue weighted by Crippen LogP contribution is 2.38. The van der Waals surface area contributed by atoms with E-state index in [0.717, 1.165) is 58.2 Å². The molecule has 0 unspecified atom stereocenters. The van der Waals surface area contributed by atoms with Gasteiger partial charge < -0.3 is 4.90 Å². The summed E-state index contributed by atoms with van der Waals surface area (Å²) < 4.78 is 0. The zero-order valence-corrected chi connectivity index (χ0v) is 15.9. The van der Waals surface area contributed by atoms with Gasteiger partial charge in [0.15, 0.2) is 0 Å². The van der Waals surface area contributed by atoms with Gasteiger partial charge in [-0.1, -0.05) is 43.7 Å². The van der Waals surface area contributed by atoms with Gasteiger partial charge in [-0.15, -0.1) is 0 Å². The van der Waals surface area contributed by atoms with E-state index in [9.17, 15) is 9.59 Å². The second-order valence-corrected chi connectivity index (χ2v) is 7.62. The molecule has 0 spiro atoms. The van der Waals surface area contributed by atoms with E-state index in [4.69, 9.17) is 0 Å². The van der Waals surface area contributed by atoms with E-state index in [1.54, 1.807) is 6.92 Å². The molecule has 0 atom stereocenters. The van der Waals surface area contributed by atoms with Crippen molar-refractivity contribution in [1.82, 2.24) is 4.90 Å². The number of likely N-dealkylation sites (tertiary alicyclic amines) is 1. The van der Waals surface area contributed by atoms with Gasteiger partial charge in [-0.2, -0.15) is 0 Å². The molecule has 1 fully saturated rings. The van der Waals surface area contributed by atoms with Crippen LogP contribution in [-0.4, -0.2) is 36.1 Å². The normalized spacial score (nSPS) is 17.4. The highest BCUT2D eigenvalue weighted by molar-refractivity contribution is 5.90. The number of carbonyl (C=O) groups excluding carboxylic acids is 2. The van der Waals surface area contributed by atoms with Crippen LogP contribution in [-0.2, 0) is 16.0 Å². The topological polar surface area (TPSA) is 37.4 Å². The summed E-state index contributed by atoms with van der Waals surface area (Å²) in [5.41, 5.74) is 1.01. The summed E-state index contributed by atoms with van der Waals surface area (Å²) in [7, 11) is 0. The fraction of sp³-hybridized carbons (Fsp3) is 0.636. The quantitative estimate of drug-likeness (QED) is 0.630. The Labute approximate surface area is 152 Å². The average Bonchev–Trinajstić information content (AvgIpc) is 2.61. The number of aryl methyl sites for hydroxylation is 1. The number of Topliss-reactive ketones (excluding diaryl/α,β-unsaturated/α-hetero) is 2. The molecule has 0 amide bonds. The van der Waals surface area contributed by atoms with Crippen LogP contribution < -0.4 is 0 Å². The number of piperidine rings is 1. The maximum Gasteiger partial charge on any atom is 0.139 e. The summed E-state index contributed by atoms with van der Waals surface area (Å²) in [6, 6.07) is 10.6. The van der Waals surface area contributed by atoms with Crippen molar-refractivity contribution in [2.45, 2.75) is 65.2 Å². The van der Waals surface area contributed by atoms with E-state index in [-0.39, 0.29) is 11.2 Å². The van der Waals surface area contributed by atoms with Crippen LogP contribution in [0, 0.1) is 5.41 Å². The predicted octanol–water partition coefficient (Wildman–Crippen LogP) is 4.44. The smallest absolute Gasteiger partial charge is 0.139 e. The van der Waals surface area contributed by atoms with Crippen molar-refractivity contribution in [2.24, 2.45) is 5.41 Å². The number of unbranched alkanes of at least 4 members (excludes halogenated alkanes) is 1. The molecule has 0 aromatic heterocycles. The third kappa shape index (κ3) is 6.07. The molecule has 0 bridgehead atoms. The molecular weight excluding hydrogens is 310 g/mol. The Bertz CT molecular complexity index is 544. The van der Waals surface area contributed by atoms with Crippen LogP contribution >= 0.6 is 0 Å². The summed E-state index contributed by atoms with van der Waals surface area (Å²) in [6.07, 6.45) is 7.00. The molecule has 0 aliphatic carbocycles. The number of rotatable bonds is 10. The third-order valence-electron chi connectivity index (χ3n) is 5.53. The van der Waals surface area contributed by atoms with Gasteiger partial charge in [-0.3, -0.25) is 9.59 Å². The molecule has 1 aromatic rings. The lowest BCUT2D eigenvalue weighted by Crippen LogP contribution is -2.45. The largest absolute Gasteiger partial charge is 0.303 e. The van der Waals surface area contributed by atoms with E-state index < -0.39 is 0 Å². The number of hydrogen-bond donors (Lipinski definition) is 0. The summed E-state index contributed by atoms with van der Waals surface area (Å²) in [5, 5.41) is 0. The predicted molar refractivity (Wildman–Crippen MR) is 103 cm³/mol. The Morgan fingerprint density at radius 2 is 1.76 bits per heavy atom. The molecule has 0 N–H and O–H groups in total. The summed E-state index contributed by atoms with van der Waals surface area (Å²) in [5.74, 6) is 0.482. The van der Waals surface area contributed by atoms with Crippen molar-refractivity contribution in [3.63, 3.8) is 0 Å². The second kappa shape index (κ2) is 9.86. The highest BCUT2D eigenvalue weighted by Gasteiger charge is 2.41. The standard InChI is InChI=1S/C22H33NO2/c1-3-4-12-21(25)22(18-19(2)24)13-16-23(17-14-22)15-8-11-20-9-6-5-7-10-20/h5-7,9-10H,3-4,8,11-18H2,1-2H3. The summed E-state index contributed by atoms with van der Waals surface area (Å²) in [4.78, 5) is 27.0. The molecule has 1 aromatic carbocycles. The first-order chi connectivity index (χ1) is 12.1. The van der Waals surface area contributed by atoms with Gasteiger partial charge in [0.2, 0.25) is 0 Å². The minimum absolute atomic E-state index is 0.155. The first kappa shape index (κ1) is 19.8. The van der Waals surface area contributed by atoms with Crippen molar-refractivity contribution in [3.05, 3.63) is 35.9 Å². The van der Waals surface area contributed by atoms with E-state index in [2.05, 4.69) is 42.2 Å². The SMILES string of the molecule is CCCCC(=O)C1(CC(C)=O)CCN(CCCc2ccccc2)CC1. The van der Waals surface area contributed by atoms with Crippen molar-refractivity contribution in [1.29, 1.82) is 0 Å². The Balaban J connectivity index is 1.83.